The van der Waals surface area contributed by atoms with Gasteiger partial charge < -0.3 is 0 Å². The summed E-state index contributed by atoms with van der Waals surface area (Å²) in [5.74, 6) is 1.44. The molecular weight excluding hydrogens is 310 g/mol. The zero-order valence-corrected chi connectivity index (χ0v) is 13.1. The quantitative estimate of drug-likeness (QED) is 0.682. The zero-order valence-electron chi connectivity index (χ0n) is 11.6. The zero-order chi connectivity index (χ0) is 15.0. The standard InChI is InChI=1S/C16H15Cl2FN2/c1-9-2-3-11(8-9)16-20-14(17)13(15(18)21-16)10-4-6-12(19)7-5-10/h4-7,9,11H,2-3,8H2,1H3. The Morgan fingerprint density at radius 1 is 1.05 bits per heavy atom. The molecule has 1 aromatic heterocycles. The molecule has 5 heteroatoms. The van der Waals surface area contributed by atoms with Gasteiger partial charge in [0.2, 0.25) is 0 Å². The molecule has 1 aliphatic rings. The van der Waals surface area contributed by atoms with E-state index in [1.807, 2.05) is 0 Å². The summed E-state index contributed by atoms with van der Waals surface area (Å²) in [5, 5.41) is 0.660. The van der Waals surface area contributed by atoms with Crippen molar-refractivity contribution in [1.29, 1.82) is 0 Å². The van der Waals surface area contributed by atoms with Crippen LogP contribution in [0.4, 0.5) is 4.39 Å². The van der Waals surface area contributed by atoms with E-state index in [0.29, 0.717) is 27.7 Å². The summed E-state index contributed by atoms with van der Waals surface area (Å²) in [6, 6.07) is 6.00. The Kier molecular flexibility index (Phi) is 4.14. The Morgan fingerprint density at radius 2 is 1.67 bits per heavy atom. The predicted molar refractivity (Wildman–Crippen MR) is 83.2 cm³/mol. The van der Waals surface area contributed by atoms with Gasteiger partial charge in [0.05, 0.1) is 5.56 Å². The summed E-state index contributed by atoms with van der Waals surface area (Å²) in [5.41, 5.74) is 1.28. The van der Waals surface area contributed by atoms with Crippen LogP contribution >= 0.6 is 23.2 Å². The van der Waals surface area contributed by atoms with E-state index in [-0.39, 0.29) is 5.82 Å². The van der Waals surface area contributed by atoms with Crippen LogP contribution < -0.4 is 0 Å². The molecule has 0 bridgehead atoms. The fourth-order valence-corrected chi connectivity index (χ4v) is 3.52. The average Bonchev–Trinajstić information content (AvgIpc) is 2.87. The molecule has 1 aromatic carbocycles. The normalized spacial score (nSPS) is 21.7. The maximum atomic E-state index is 13.0. The van der Waals surface area contributed by atoms with Crippen LogP contribution in [0.15, 0.2) is 24.3 Å². The molecule has 0 amide bonds. The topological polar surface area (TPSA) is 25.8 Å². The van der Waals surface area contributed by atoms with E-state index in [1.54, 1.807) is 12.1 Å². The molecule has 110 valence electrons. The minimum Gasteiger partial charge on any atom is -0.220 e. The molecule has 3 rings (SSSR count). The van der Waals surface area contributed by atoms with Gasteiger partial charge in [0.15, 0.2) is 0 Å². The Balaban J connectivity index is 1.98. The molecule has 1 aliphatic carbocycles. The second kappa shape index (κ2) is 5.90. The SMILES string of the molecule is CC1CCC(c2nc(Cl)c(-c3ccc(F)cc3)c(Cl)n2)C1. The van der Waals surface area contributed by atoms with Crippen LogP contribution in [0.2, 0.25) is 10.3 Å². The molecule has 2 unspecified atom stereocenters. The largest absolute Gasteiger partial charge is 0.220 e. The van der Waals surface area contributed by atoms with Crippen molar-refractivity contribution in [3.63, 3.8) is 0 Å². The highest BCUT2D eigenvalue weighted by molar-refractivity contribution is 6.37. The Morgan fingerprint density at radius 3 is 2.19 bits per heavy atom. The van der Waals surface area contributed by atoms with E-state index in [0.717, 1.165) is 24.2 Å². The summed E-state index contributed by atoms with van der Waals surface area (Å²) in [6.45, 7) is 2.23. The lowest BCUT2D eigenvalue weighted by molar-refractivity contribution is 0.585. The summed E-state index contributed by atoms with van der Waals surface area (Å²) in [4.78, 5) is 8.85. The maximum absolute atomic E-state index is 13.0. The Labute approximate surface area is 133 Å². The van der Waals surface area contributed by atoms with Crippen molar-refractivity contribution < 1.29 is 4.39 Å². The lowest BCUT2D eigenvalue weighted by atomic mass is 10.0. The van der Waals surface area contributed by atoms with Crippen molar-refractivity contribution in [3.05, 3.63) is 46.2 Å². The molecule has 2 nitrogen and oxygen atoms in total. The van der Waals surface area contributed by atoms with Gasteiger partial charge in [-0.25, -0.2) is 14.4 Å². The minimum atomic E-state index is -0.302. The Bertz CT molecular complexity index is 635. The molecule has 0 radical (unpaired) electrons. The van der Waals surface area contributed by atoms with Gasteiger partial charge >= 0.3 is 0 Å². The van der Waals surface area contributed by atoms with Gasteiger partial charge in [-0.2, -0.15) is 0 Å². The van der Waals surface area contributed by atoms with Crippen LogP contribution in [0.1, 0.15) is 37.9 Å². The number of hydrogen-bond acceptors (Lipinski definition) is 2. The molecule has 0 saturated heterocycles. The van der Waals surface area contributed by atoms with E-state index in [1.165, 1.54) is 18.6 Å². The number of rotatable bonds is 2. The first-order valence-electron chi connectivity index (χ1n) is 7.03. The number of hydrogen-bond donors (Lipinski definition) is 0. The molecule has 0 N–H and O–H groups in total. The third kappa shape index (κ3) is 3.04. The van der Waals surface area contributed by atoms with Crippen molar-refractivity contribution in [3.8, 4) is 11.1 Å². The first kappa shape index (κ1) is 14.7. The maximum Gasteiger partial charge on any atom is 0.142 e. The first-order chi connectivity index (χ1) is 10.0. The number of halogens is 3. The van der Waals surface area contributed by atoms with Crippen molar-refractivity contribution in [2.24, 2.45) is 5.92 Å². The van der Waals surface area contributed by atoms with Gasteiger partial charge in [0.1, 0.15) is 21.9 Å². The van der Waals surface area contributed by atoms with Crippen LogP contribution in [0.3, 0.4) is 0 Å². The van der Waals surface area contributed by atoms with Crippen molar-refractivity contribution in [2.45, 2.75) is 32.1 Å². The van der Waals surface area contributed by atoms with Gasteiger partial charge in [-0.15, -0.1) is 0 Å². The predicted octanol–water partition coefficient (Wildman–Crippen LogP) is 5.49. The minimum absolute atomic E-state index is 0.302. The van der Waals surface area contributed by atoms with Crippen molar-refractivity contribution in [1.82, 2.24) is 9.97 Å². The molecule has 1 saturated carbocycles. The highest BCUT2D eigenvalue weighted by Gasteiger charge is 2.26. The van der Waals surface area contributed by atoms with E-state index in [2.05, 4.69) is 16.9 Å². The fraction of sp³-hybridized carbons (Fsp3) is 0.375. The van der Waals surface area contributed by atoms with E-state index in [4.69, 9.17) is 23.2 Å². The van der Waals surface area contributed by atoms with Crippen LogP contribution in [-0.4, -0.2) is 9.97 Å². The summed E-state index contributed by atoms with van der Waals surface area (Å²) in [7, 11) is 0. The van der Waals surface area contributed by atoms with Crippen LogP contribution in [0.25, 0.3) is 11.1 Å². The van der Waals surface area contributed by atoms with E-state index >= 15 is 0 Å². The van der Waals surface area contributed by atoms with Gasteiger partial charge in [-0.1, -0.05) is 42.3 Å². The van der Waals surface area contributed by atoms with Gasteiger partial charge in [0, 0.05) is 5.92 Å². The summed E-state index contributed by atoms with van der Waals surface area (Å²) in [6.07, 6.45) is 3.33. The molecular formula is C16H15Cl2FN2. The van der Waals surface area contributed by atoms with E-state index < -0.39 is 0 Å². The van der Waals surface area contributed by atoms with Gasteiger partial charge in [0.25, 0.3) is 0 Å². The number of aromatic nitrogens is 2. The lowest BCUT2D eigenvalue weighted by Gasteiger charge is -2.12. The molecule has 2 aromatic rings. The van der Waals surface area contributed by atoms with Gasteiger partial charge in [-0.05, 0) is 42.9 Å². The van der Waals surface area contributed by atoms with Crippen molar-refractivity contribution in [2.75, 3.05) is 0 Å². The fourth-order valence-electron chi connectivity index (χ4n) is 2.90. The summed E-state index contributed by atoms with van der Waals surface area (Å²) >= 11 is 12.6. The second-order valence-corrected chi connectivity index (χ2v) is 6.38. The lowest BCUT2D eigenvalue weighted by Crippen LogP contribution is -2.03. The molecule has 21 heavy (non-hydrogen) atoms. The number of benzene rings is 1. The van der Waals surface area contributed by atoms with Crippen LogP contribution in [-0.2, 0) is 0 Å². The smallest absolute Gasteiger partial charge is 0.142 e. The highest BCUT2D eigenvalue weighted by Crippen LogP contribution is 2.39. The van der Waals surface area contributed by atoms with Gasteiger partial charge in [-0.3, -0.25) is 0 Å². The molecule has 2 atom stereocenters. The molecule has 1 heterocycles. The molecule has 1 fully saturated rings. The highest BCUT2D eigenvalue weighted by atomic mass is 35.5. The average molecular weight is 325 g/mol. The number of nitrogens with zero attached hydrogens (tertiary/aromatic N) is 2. The molecule has 0 aliphatic heterocycles. The molecule has 0 spiro atoms. The van der Waals surface area contributed by atoms with Crippen LogP contribution in [0.5, 0.6) is 0 Å². The van der Waals surface area contributed by atoms with E-state index in [9.17, 15) is 4.39 Å². The third-order valence-electron chi connectivity index (χ3n) is 4.03. The third-order valence-corrected chi connectivity index (χ3v) is 4.58. The first-order valence-corrected chi connectivity index (χ1v) is 7.79. The second-order valence-electron chi connectivity index (χ2n) is 5.66. The summed E-state index contributed by atoms with van der Waals surface area (Å²) < 4.78 is 13.0. The Hall–Kier alpha value is -1.19. The monoisotopic (exact) mass is 324 g/mol. The van der Waals surface area contributed by atoms with Crippen LogP contribution in [0, 0.1) is 11.7 Å². The van der Waals surface area contributed by atoms with Crippen molar-refractivity contribution >= 4 is 23.2 Å².